The second-order valence-electron chi connectivity index (χ2n) is 0.232. The minimum atomic E-state index is 0. The van der Waals surface area contributed by atoms with Gasteiger partial charge in [0.05, 0.1) is 9.47 Å². The molecule has 0 aliphatic rings. The van der Waals surface area contributed by atoms with Crippen molar-refractivity contribution < 1.29 is 40.3 Å². The summed E-state index contributed by atoms with van der Waals surface area (Å²) in [5.74, 6) is 0. The maximum absolute atomic E-state index is 8.93. The summed E-state index contributed by atoms with van der Waals surface area (Å²) < 4.78 is 3.78. The summed E-state index contributed by atoms with van der Waals surface area (Å²) in [5.41, 5.74) is 0. The monoisotopic (exact) mass is 102 g/mol. The van der Waals surface area contributed by atoms with Crippen LogP contribution in [0.5, 0.6) is 0 Å². The topological polar surface area (TPSA) is 26.3 Å². The Morgan fingerprint density at radius 2 is 2.20 bits per heavy atom. The Morgan fingerprint density at radius 3 is 2.20 bits per heavy atom. The fraction of sp³-hybridized carbons (Fsp3) is 0. The Morgan fingerprint density at radius 1 is 2.00 bits per heavy atom. The molecule has 0 aromatic heterocycles. The molecule has 0 amide bonds. The summed E-state index contributed by atoms with van der Waals surface area (Å²) in [7, 11) is 1.79. The Hall–Kier alpha value is 0.900. The zero-order valence-corrected chi connectivity index (χ0v) is 6.13. The van der Waals surface area contributed by atoms with Gasteiger partial charge in [0, 0.05) is 0 Å². The number of carbonyl (C=O) groups is 1. The molecule has 0 heterocycles. The van der Waals surface area contributed by atoms with Crippen molar-refractivity contribution in [1.82, 2.24) is 0 Å². The summed E-state index contributed by atoms with van der Waals surface area (Å²) in [6.45, 7) is 0.338. The Balaban J connectivity index is -0.0000000450. The second kappa shape index (κ2) is 8.86. The molecule has 0 aromatic rings. The first-order valence-electron chi connectivity index (χ1n) is 0.707. The van der Waals surface area contributed by atoms with Gasteiger partial charge in [-0.25, -0.2) is 0 Å². The van der Waals surface area contributed by atoms with Crippen molar-refractivity contribution in [2.75, 3.05) is 0 Å². The van der Waals surface area contributed by atoms with Crippen molar-refractivity contribution in [3.05, 3.63) is 0 Å². The molecule has 26 valence electrons. The van der Waals surface area contributed by atoms with Gasteiger partial charge < -0.3 is 5.95 Å². The van der Waals surface area contributed by atoms with E-state index < -0.39 is 0 Å². The van der Waals surface area contributed by atoms with Crippen molar-refractivity contribution in [2.24, 2.45) is 0 Å². The van der Waals surface area contributed by atoms with E-state index in [9.17, 15) is 0 Å². The molecule has 0 fully saturated rings. The summed E-state index contributed by atoms with van der Waals surface area (Å²) in [6, 6.07) is 0. The van der Waals surface area contributed by atoms with Crippen LogP contribution in [0.25, 0.3) is 0 Å². The zero-order chi connectivity index (χ0) is 3.41. The molecule has 0 bridgehead atoms. The van der Waals surface area contributed by atoms with E-state index in [0.29, 0.717) is 6.47 Å². The van der Waals surface area contributed by atoms with Gasteiger partial charge >= 0.3 is 29.6 Å². The largest absolute Gasteiger partial charge is 1.00 e. The van der Waals surface area contributed by atoms with Gasteiger partial charge in [-0.05, 0) is 0 Å². The molecule has 1 atom stereocenters. The van der Waals surface area contributed by atoms with Crippen LogP contribution in [-0.2, 0) is 9.32 Å². The van der Waals surface area contributed by atoms with Crippen molar-refractivity contribution in [3.63, 3.8) is 0 Å². The molecule has 5 heavy (non-hydrogen) atoms. The molecule has 4 heteroatoms. The van der Waals surface area contributed by atoms with Gasteiger partial charge in [0.25, 0.3) is 6.47 Å². The van der Waals surface area contributed by atoms with Gasteiger partial charge in [0.2, 0.25) is 0 Å². The molecule has 0 aliphatic carbocycles. The quantitative estimate of drug-likeness (QED) is 0.201. The van der Waals surface area contributed by atoms with Gasteiger partial charge in [-0.2, -0.15) is 0 Å². The third-order valence-corrected chi connectivity index (χ3v) is 0.167. The predicted molar refractivity (Wildman–Crippen MR) is 18.0 cm³/mol. The first-order chi connectivity index (χ1) is 1.91. The van der Waals surface area contributed by atoms with Gasteiger partial charge in [-0.3, -0.25) is 4.79 Å². The summed E-state index contributed by atoms with van der Waals surface area (Å²) in [5, 5.41) is 0. The third kappa shape index (κ3) is 11.4. The van der Waals surface area contributed by atoms with Gasteiger partial charge in [0.1, 0.15) is 0 Å². The average molecular weight is 102 g/mol. The number of rotatable bonds is 1. The van der Waals surface area contributed by atoms with Crippen LogP contribution >= 0.6 is 9.47 Å². The summed E-state index contributed by atoms with van der Waals surface area (Å²) >= 11 is 0. The Labute approximate surface area is 56.3 Å². The van der Waals surface area contributed by atoms with Gasteiger partial charge in [-0.1, -0.05) is 0 Å². The van der Waals surface area contributed by atoms with E-state index in [2.05, 4.69) is 4.52 Å². The minimum absolute atomic E-state index is 0. The first-order valence-corrected chi connectivity index (χ1v) is 1.18. The van der Waals surface area contributed by atoms with Crippen LogP contribution in [0.15, 0.2) is 0 Å². The minimum Gasteiger partial charge on any atom is -1.00 e. The van der Waals surface area contributed by atoms with Crippen LogP contribution in [0.3, 0.4) is 0 Å². The zero-order valence-electron chi connectivity index (χ0n) is 3.97. The molecule has 0 aromatic carbocycles. The number of carbonyl (C=O) groups excluding carboxylic acids is 1. The Kier molecular flexibility index (Phi) is 16.5. The van der Waals surface area contributed by atoms with Crippen molar-refractivity contribution in [2.45, 2.75) is 0 Å². The molecule has 1 unspecified atom stereocenters. The number of hydrogen-bond acceptors (Lipinski definition) is 2. The first kappa shape index (κ1) is 9.31. The summed E-state index contributed by atoms with van der Waals surface area (Å²) in [6.07, 6.45) is 0. The van der Waals surface area contributed by atoms with Crippen molar-refractivity contribution >= 4 is 15.9 Å². The van der Waals surface area contributed by atoms with E-state index in [1.54, 1.807) is 9.47 Å². The van der Waals surface area contributed by atoms with Crippen LogP contribution in [0.1, 0.15) is 1.43 Å². The predicted octanol–water partition coefficient (Wildman–Crippen LogP) is -2.93. The molecular weight excluding hydrogens is 98.0 g/mol. The fourth-order valence-corrected chi connectivity index (χ4v) is 0. The number of hydrogen-bond donors (Lipinski definition) is 0. The molecular formula is CH4NaO2P. The van der Waals surface area contributed by atoms with E-state index in [4.69, 9.17) is 4.79 Å². The molecule has 0 aliphatic heterocycles. The molecule has 0 spiro atoms. The molecule has 0 N–H and O–H groups in total. The molecule has 0 saturated heterocycles. The van der Waals surface area contributed by atoms with Crippen molar-refractivity contribution in [1.29, 1.82) is 0 Å². The van der Waals surface area contributed by atoms with Gasteiger partial charge in [0.15, 0.2) is 0 Å². The molecule has 0 saturated carbocycles. The second-order valence-corrected chi connectivity index (χ2v) is 0.504. The molecule has 0 rings (SSSR count). The standard InChI is InChI=1S/CH3O2P.Na.H/c2-1-3-4;;/h1H,4H2;;/q;+1;-1. The van der Waals surface area contributed by atoms with Crippen LogP contribution in [0.4, 0.5) is 0 Å². The normalized spacial score (nSPS) is 4.20. The smallest absolute Gasteiger partial charge is 1.00 e. The SMILES string of the molecule is O=COP.[H-].[Na+]. The molecule has 0 radical (unpaired) electrons. The maximum atomic E-state index is 8.93. The van der Waals surface area contributed by atoms with Crippen LogP contribution in [-0.4, -0.2) is 6.47 Å². The Bertz CT molecular complexity index is 27.5. The van der Waals surface area contributed by atoms with Crippen LogP contribution in [0, 0.1) is 0 Å². The van der Waals surface area contributed by atoms with Crippen LogP contribution < -0.4 is 29.6 Å². The summed E-state index contributed by atoms with van der Waals surface area (Å²) in [4.78, 5) is 8.93. The van der Waals surface area contributed by atoms with E-state index in [-0.39, 0.29) is 31.0 Å². The van der Waals surface area contributed by atoms with E-state index in [1.165, 1.54) is 0 Å². The van der Waals surface area contributed by atoms with E-state index in [0.717, 1.165) is 0 Å². The third-order valence-electron chi connectivity index (χ3n) is 0.0556. The maximum Gasteiger partial charge on any atom is 1.00 e. The van der Waals surface area contributed by atoms with Crippen molar-refractivity contribution in [3.8, 4) is 0 Å². The van der Waals surface area contributed by atoms with E-state index >= 15 is 0 Å². The van der Waals surface area contributed by atoms with E-state index in [1.807, 2.05) is 0 Å². The fourth-order valence-electron chi connectivity index (χ4n) is 0. The average Bonchev–Trinajstić information content (AvgIpc) is 1.37. The van der Waals surface area contributed by atoms with Gasteiger partial charge in [-0.15, -0.1) is 0 Å². The molecule has 2 nitrogen and oxygen atoms in total. The van der Waals surface area contributed by atoms with Crippen LogP contribution in [0.2, 0.25) is 0 Å².